The molecule has 0 atom stereocenters. The minimum absolute atomic E-state index is 0.0783. The largest absolute Gasteiger partial charge is 0.487 e. The smallest absolute Gasteiger partial charge is 0.264 e. The molecule has 1 aromatic heterocycles. The van der Waals surface area contributed by atoms with Crippen LogP contribution in [0.5, 0.6) is 5.75 Å². The van der Waals surface area contributed by atoms with Gasteiger partial charge in [0.15, 0.2) is 0 Å². The van der Waals surface area contributed by atoms with E-state index in [0.717, 1.165) is 21.9 Å². The van der Waals surface area contributed by atoms with Crippen LogP contribution in [0.25, 0.3) is 0 Å². The van der Waals surface area contributed by atoms with Crippen LogP contribution < -0.4 is 10.3 Å². The normalized spacial score (nSPS) is 11.5. The van der Waals surface area contributed by atoms with Crippen molar-refractivity contribution in [3.8, 4) is 5.75 Å². The van der Waals surface area contributed by atoms with Crippen molar-refractivity contribution in [3.05, 3.63) is 56.5 Å². The lowest BCUT2D eigenvalue weighted by Gasteiger charge is -2.23. The van der Waals surface area contributed by atoms with Gasteiger partial charge in [0.2, 0.25) is 0 Å². The number of rotatable bonds is 3. The standard InChI is InChI=1S/C16H19ClN2O2/c1-10-7-14(12(8-13(10)17)16(2,3)4)21-9-11-5-6-15(20)19-18-11/h5-8H,9H2,1-4H3,(H,19,20). The predicted octanol–water partition coefficient (Wildman–Crippen LogP) is 3.61. The lowest BCUT2D eigenvalue weighted by atomic mass is 9.86. The first-order chi connectivity index (χ1) is 9.77. The summed E-state index contributed by atoms with van der Waals surface area (Å²) in [7, 11) is 0. The van der Waals surface area contributed by atoms with E-state index in [4.69, 9.17) is 16.3 Å². The van der Waals surface area contributed by atoms with Gasteiger partial charge in [-0.1, -0.05) is 32.4 Å². The Morgan fingerprint density at radius 1 is 1.29 bits per heavy atom. The van der Waals surface area contributed by atoms with Crippen LogP contribution in [-0.2, 0) is 12.0 Å². The molecule has 0 saturated heterocycles. The first-order valence-electron chi connectivity index (χ1n) is 6.75. The highest BCUT2D eigenvalue weighted by atomic mass is 35.5. The van der Waals surface area contributed by atoms with Gasteiger partial charge in [0, 0.05) is 16.7 Å². The van der Waals surface area contributed by atoms with E-state index in [1.165, 1.54) is 6.07 Å². The number of hydrogen-bond donors (Lipinski definition) is 1. The summed E-state index contributed by atoms with van der Waals surface area (Å²) < 4.78 is 5.88. The van der Waals surface area contributed by atoms with Crippen molar-refractivity contribution in [3.63, 3.8) is 0 Å². The summed E-state index contributed by atoms with van der Waals surface area (Å²) in [6.45, 7) is 8.57. The van der Waals surface area contributed by atoms with Gasteiger partial charge in [-0.15, -0.1) is 0 Å². The van der Waals surface area contributed by atoms with Crippen molar-refractivity contribution in [1.29, 1.82) is 0 Å². The molecule has 0 aliphatic carbocycles. The fraction of sp³-hybridized carbons (Fsp3) is 0.375. The summed E-state index contributed by atoms with van der Waals surface area (Å²) in [6, 6.07) is 6.98. The van der Waals surface area contributed by atoms with Crippen LogP contribution in [0, 0.1) is 6.92 Å². The highest BCUT2D eigenvalue weighted by molar-refractivity contribution is 6.31. The fourth-order valence-electron chi connectivity index (χ4n) is 1.97. The van der Waals surface area contributed by atoms with Crippen LogP contribution in [0.4, 0.5) is 0 Å². The Morgan fingerprint density at radius 3 is 2.57 bits per heavy atom. The molecule has 0 saturated carbocycles. The van der Waals surface area contributed by atoms with Crippen molar-refractivity contribution in [2.24, 2.45) is 0 Å². The van der Waals surface area contributed by atoms with E-state index in [2.05, 4.69) is 31.0 Å². The zero-order valence-corrected chi connectivity index (χ0v) is 13.4. The Hall–Kier alpha value is -1.81. The maximum atomic E-state index is 11.0. The molecule has 5 heteroatoms. The lowest BCUT2D eigenvalue weighted by molar-refractivity contribution is 0.291. The van der Waals surface area contributed by atoms with Gasteiger partial charge < -0.3 is 4.74 Å². The Labute approximate surface area is 129 Å². The van der Waals surface area contributed by atoms with Gasteiger partial charge >= 0.3 is 0 Å². The second-order valence-corrected chi connectivity index (χ2v) is 6.46. The molecule has 4 nitrogen and oxygen atoms in total. The van der Waals surface area contributed by atoms with E-state index in [1.807, 2.05) is 19.1 Å². The zero-order valence-electron chi connectivity index (χ0n) is 12.7. The van der Waals surface area contributed by atoms with Gasteiger partial charge in [-0.25, -0.2) is 5.10 Å². The van der Waals surface area contributed by atoms with Gasteiger partial charge in [0.1, 0.15) is 12.4 Å². The maximum absolute atomic E-state index is 11.0. The Kier molecular flexibility index (Phi) is 4.37. The Morgan fingerprint density at radius 2 is 2.00 bits per heavy atom. The molecule has 0 aliphatic rings. The summed E-state index contributed by atoms with van der Waals surface area (Å²) in [5.74, 6) is 0.789. The van der Waals surface area contributed by atoms with Gasteiger partial charge in [-0.3, -0.25) is 4.79 Å². The quantitative estimate of drug-likeness (QED) is 0.942. The molecule has 0 bridgehead atoms. The number of H-pyrrole nitrogens is 1. The highest BCUT2D eigenvalue weighted by Gasteiger charge is 2.20. The van der Waals surface area contributed by atoms with Gasteiger partial charge in [-0.2, -0.15) is 5.10 Å². The van der Waals surface area contributed by atoms with Crippen LogP contribution in [0.2, 0.25) is 5.02 Å². The molecule has 0 aliphatic heterocycles. The van der Waals surface area contributed by atoms with Crippen molar-refractivity contribution in [2.75, 3.05) is 0 Å². The second kappa shape index (κ2) is 5.90. The highest BCUT2D eigenvalue weighted by Crippen LogP contribution is 2.35. The summed E-state index contributed by atoms with van der Waals surface area (Å²) in [5.41, 5.74) is 2.38. The number of aromatic nitrogens is 2. The number of benzene rings is 1. The van der Waals surface area contributed by atoms with Crippen molar-refractivity contribution in [1.82, 2.24) is 10.2 Å². The molecule has 0 radical (unpaired) electrons. The van der Waals surface area contributed by atoms with E-state index in [1.54, 1.807) is 6.07 Å². The van der Waals surface area contributed by atoms with Crippen LogP contribution in [0.15, 0.2) is 29.1 Å². The molecule has 21 heavy (non-hydrogen) atoms. The van der Waals surface area contributed by atoms with E-state index in [9.17, 15) is 4.79 Å². The van der Waals surface area contributed by atoms with Crippen molar-refractivity contribution in [2.45, 2.75) is 39.7 Å². The fourth-order valence-corrected chi connectivity index (χ4v) is 2.13. The maximum Gasteiger partial charge on any atom is 0.264 e. The van der Waals surface area contributed by atoms with E-state index < -0.39 is 0 Å². The molecule has 1 aromatic carbocycles. The number of aromatic amines is 1. The lowest BCUT2D eigenvalue weighted by Crippen LogP contribution is -2.15. The minimum atomic E-state index is -0.225. The van der Waals surface area contributed by atoms with Crippen molar-refractivity contribution >= 4 is 11.6 Å². The molecule has 0 amide bonds. The van der Waals surface area contributed by atoms with E-state index >= 15 is 0 Å². The van der Waals surface area contributed by atoms with Crippen LogP contribution in [-0.4, -0.2) is 10.2 Å². The molecular weight excluding hydrogens is 288 g/mol. The molecule has 2 aromatic rings. The first-order valence-corrected chi connectivity index (χ1v) is 7.13. The Bertz CT molecular complexity index is 682. The van der Waals surface area contributed by atoms with Gasteiger partial charge in [0.25, 0.3) is 5.56 Å². The number of ether oxygens (including phenoxy) is 1. The molecule has 0 unspecified atom stereocenters. The SMILES string of the molecule is Cc1cc(OCc2ccc(=O)[nH]n2)c(C(C)(C)C)cc1Cl. The Balaban J connectivity index is 2.28. The van der Waals surface area contributed by atoms with E-state index in [-0.39, 0.29) is 11.0 Å². The molecule has 1 heterocycles. The second-order valence-electron chi connectivity index (χ2n) is 6.05. The van der Waals surface area contributed by atoms with Crippen LogP contribution in [0.1, 0.15) is 37.6 Å². The minimum Gasteiger partial charge on any atom is -0.487 e. The molecule has 1 N–H and O–H groups in total. The molecular formula is C16H19ClN2O2. The summed E-state index contributed by atoms with van der Waals surface area (Å²) >= 11 is 6.22. The van der Waals surface area contributed by atoms with E-state index in [0.29, 0.717) is 12.3 Å². The number of aryl methyl sites for hydroxylation is 1. The average molecular weight is 307 g/mol. The number of nitrogens with one attached hydrogen (secondary N) is 1. The average Bonchev–Trinajstić information content (AvgIpc) is 2.40. The van der Waals surface area contributed by atoms with Gasteiger partial charge in [0.05, 0.1) is 5.69 Å². The first kappa shape index (κ1) is 15.6. The summed E-state index contributed by atoms with van der Waals surface area (Å²) in [4.78, 5) is 11.0. The third kappa shape index (κ3) is 3.85. The summed E-state index contributed by atoms with van der Waals surface area (Å²) in [5, 5.41) is 7.06. The summed E-state index contributed by atoms with van der Waals surface area (Å²) in [6.07, 6.45) is 0. The third-order valence-electron chi connectivity index (χ3n) is 3.18. The zero-order chi connectivity index (χ0) is 15.6. The van der Waals surface area contributed by atoms with Gasteiger partial charge in [-0.05, 0) is 36.1 Å². The van der Waals surface area contributed by atoms with Crippen LogP contribution in [0.3, 0.4) is 0 Å². The topological polar surface area (TPSA) is 55.0 Å². The molecule has 112 valence electrons. The predicted molar refractivity (Wildman–Crippen MR) is 84.1 cm³/mol. The van der Waals surface area contributed by atoms with Crippen LogP contribution >= 0.6 is 11.6 Å². The van der Waals surface area contributed by atoms with Crippen molar-refractivity contribution < 1.29 is 4.74 Å². The molecule has 0 spiro atoms. The molecule has 2 rings (SSSR count). The number of halogens is 1. The monoisotopic (exact) mass is 306 g/mol. The molecule has 0 fully saturated rings. The number of nitrogens with zero attached hydrogens (tertiary/aromatic N) is 1. The third-order valence-corrected chi connectivity index (χ3v) is 3.59. The number of hydrogen-bond acceptors (Lipinski definition) is 3.